The Bertz CT molecular complexity index is 4370. The second-order valence-electron chi connectivity index (χ2n) is 18.1. The van der Waals surface area contributed by atoms with Crippen molar-refractivity contribution >= 4 is 87.4 Å². The molecule has 0 atom stereocenters. The van der Waals surface area contributed by atoms with Gasteiger partial charge in [-0.2, -0.15) is 0 Å². The van der Waals surface area contributed by atoms with E-state index < -0.39 is 5.41 Å². The van der Waals surface area contributed by atoms with Gasteiger partial charge in [-0.1, -0.05) is 158 Å². The molecule has 0 saturated heterocycles. The highest BCUT2D eigenvalue weighted by molar-refractivity contribution is 6.28. The fourth-order valence-corrected chi connectivity index (χ4v) is 12.6. The van der Waals surface area contributed by atoms with E-state index in [0.717, 1.165) is 71.6 Å². The summed E-state index contributed by atoms with van der Waals surface area (Å²) in [5, 5.41) is 11.4. The molecule has 0 radical (unpaired) electrons. The Morgan fingerprint density at radius 2 is 0.621 bits per heavy atom. The lowest BCUT2D eigenvalue weighted by molar-refractivity contribution is 0.663. The first kappa shape index (κ1) is 34.8. The van der Waals surface area contributed by atoms with Gasteiger partial charge in [-0.3, -0.25) is 0 Å². The van der Waals surface area contributed by atoms with Gasteiger partial charge in [0, 0.05) is 32.3 Å². The van der Waals surface area contributed by atoms with Gasteiger partial charge in [0.1, 0.15) is 33.5 Å². The van der Waals surface area contributed by atoms with Gasteiger partial charge in [0.25, 0.3) is 0 Å². The van der Waals surface area contributed by atoms with Gasteiger partial charge in [-0.25, -0.2) is 0 Å². The lowest BCUT2D eigenvalue weighted by atomic mass is 9.70. The summed E-state index contributed by atoms with van der Waals surface area (Å²) in [5.74, 6) is 0. The summed E-state index contributed by atoms with van der Waals surface area (Å²) < 4.78 is 19.7. The van der Waals surface area contributed by atoms with Crippen LogP contribution >= 0.6 is 0 Å². The molecule has 0 aliphatic heterocycles. The van der Waals surface area contributed by atoms with Crippen molar-refractivity contribution in [2.45, 2.75) is 5.41 Å². The Kier molecular flexibility index (Phi) is 6.49. The number of rotatable bonds is 2. The van der Waals surface area contributed by atoms with Crippen molar-refractivity contribution in [2.24, 2.45) is 0 Å². The fourth-order valence-electron chi connectivity index (χ4n) is 12.6. The van der Waals surface area contributed by atoms with Crippen LogP contribution in [0.4, 0.5) is 0 Å². The molecule has 2 aliphatic rings. The predicted molar refractivity (Wildman–Crippen MR) is 270 cm³/mol. The second-order valence-corrected chi connectivity index (χ2v) is 18.1. The van der Waals surface area contributed by atoms with E-state index in [-0.39, 0.29) is 0 Å². The SMILES string of the molecule is c1ccc2c(c1)-c1ccccc1C21c2ccccc2-c2c1ccc1oc3ccc(-c4c5ccccc5c(-c5ccc6oc7ccc8oc9ccccc9c8c7c6c5)c5ccccc45)cc3c21. The standard InChI is InChI=1S/C63H34O3/c1-3-17-41-39(15-1)57(40-16-2-4-18-42(40)58(41)36-26-29-53-46(34-36)62-56(66-53)32-31-55-60(62)44-20-8-12-24-51(44)64-55)35-25-28-52-45(33-35)61-54(65-52)30-27-50-59(61)43-19-7-11-23-49(43)63(50)47-21-9-5-13-37(47)38-14-6-10-22-48(38)63/h1-34H. The van der Waals surface area contributed by atoms with Crippen molar-refractivity contribution < 1.29 is 13.3 Å². The quantitative estimate of drug-likeness (QED) is 0.163. The molecule has 3 nitrogen and oxygen atoms in total. The topological polar surface area (TPSA) is 39.4 Å². The highest BCUT2D eigenvalue weighted by Gasteiger charge is 2.52. The van der Waals surface area contributed by atoms with E-state index >= 15 is 0 Å². The predicted octanol–water partition coefficient (Wildman–Crippen LogP) is 17.4. The third-order valence-corrected chi connectivity index (χ3v) is 15.1. The first-order valence-corrected chi connectivity index (χ1v) is 22.7. The summed E-state index contributed by atoms with van der Waals surface area (Å²) in [6.07, 6.45) is 0. The smallest absolute Gasteiger partial charge is 0.136 e. The summed E-state index contributed by atoms with van der Waals surface area (Å²) >= 11 is 0. The number of fused-ring (bicyclic) bond motifs is 23. The van der Waals surface area contributed by atoms with Gasteiger partial charge in [0.2, 0.25) is 0 Å². The van der Waals surface area contributed by atoms with Crippen molar-refractivity contribution in [3.8, 4) is 44.5 Å². The van der Waals surface area contributed by atoms with Crippen LogP contribution in [-0.4, -0.2) is 0 Å². The molecule has 0 saturated carbocycles. The summed E-state index contributed by atoms with van der Waals surface area (Å²) in [5.41, 5.74) is 20.0. The Balaban J connectivity index is 0.953. The van der Waals surface area contributed by atoms with Crippen LogP contribution in [0.2, 0.25) is 0 Å². The van der Waals surface area contributed by atoms with Gasteiger partial charge >= 0.3 is 0 Å². The van der Waals surface area contributed by atoms with E-state index in [9.17, 15) is 0 Å². The van der Waals surface area contributed by atoms with Crippen molar-refractivity contribution in [3.05, 3.63) is 229 Å². The summed E-state index contributed by atoms with van der Waals surface area (Å²) in [6.45, 7) is 0. The van der Waals surface area contributed by atoms with E-state index in [1.165, 1.54) is 82.6 Å². The molecule has 0 unspecified atom stereocenters. The molecule has 16 rings (SSSR count). The lowest BCUT2D eigenvalue weighted by Crippen LogP contribution is -2.25. The highest BCUT2D eigenvalue weighted by Crippen LogP contribution is 2.64. The first-order valence-electron chi connectivity index (χ1n) is 22.7. The van der Waals surface area contributed by atoms with E-state index in [0.29, 0.717) is 0 Å². The van der Waals surface area contributed by atoms with E-state index in [1.54, 1.807) is 0 Å². The van der Waals surface area contributed by atoms with Crippen LogP contribution in [0, 0.1) is 0 Å². The molecule has 1 spiro atoms. The zero-order valence-electron chi connectivity index (χ0n) is 35.4. The van der Waals surface area contributed by atoms with Crippen LogP contribution in [-0.2, 0) is 5.41 Å². The normalized spacial score (nSPS) is 13.6. The minimum absolute atomic E-state index is 0.430. The molecular weight excluding hydrogens is 805 g/mol. The van der Waals surface area contributed by atoms with E-state index in [2.05, 4.69) is 182 Å². The molecule has 2 aliphatic carbocycles. The molecule has 0 N–H and O–H groups in total. The number of hydrogen-bond donors (Lipinski definition) is 0. The average Bonchev–Trinajstić information content (AvgIpc) is 4.18. The minimum atomic E-state index is -0.430. The zero-order chi connectivity index (χ0) is 42.8. The molecule has 11 aromatic carbocycles. The minimum Gasteiger partial charge on any atom is -0.456 e. The fraction of sp³-hybridized carbons (Fsp3) is 0.0159. The number of benzene rings is 11. The Morgan fingerprint density at radius 3 is 1.18 bits per heavy atom. The molecule has 14 aromatic rings. The lowest BCUT2D eigenvalue weighted by Gasteiger charge is -2.30. The largest absolute Gasteiger partial charge is 0.456 e. The van der Waals surface area contributed by atoms with Crippen molar-refractivity contribution in [1.29, 1.82) is 0 Å². The zero-order valence-corrected chi connectivity index (χ0v) is 35.4. The number of furan rings is 3. The van der Waals surface area contributed by atoms with Crippen LogP contribution in [0.15, 0.2) is 220 Å². The van der Waals surface area contributed by atoms with Crippen LogP contribution in [0.25, 0.3) is 132 Å². The van der Waals surface area contributed by atoms with E-state index in [1.807, 2.05) is 24.3 Å². The van der Waals surface area contributed by atoms with Gasteiger partial charge in [0.05, 0.1) is 5.41 Å². The van der Waals surface area contributed by atoms with Crippen molar-refractivity contribution in [1.82, 2.24) is 0 Å². The van der Waals surface area contributed by atoms with Gasteiger partial charge in [0.15, 0.2) is 0 Å². The van der Waals surface area contributed by atoms with Gasteiger partial charge in [-0.15, -0.1) is 0 Å². The number of hydrogen-bond acceptors (Lipinski definition) is 3. The maximum absolute atomic E-state index is 6.82. The van der Waals surface area contributed by atoms with Crippen molar-refractivity contribution in [2.75, 3.05) is 0 Å². The Labute approximate surface area is 377 Å². The van der Waals surface area contributed by atoms with E-state index in [4.69, 9.17) is 13.3 Å². The second kappa shape index (κ2) is 12.3. The third kappa shape index (κ3) is 4.20. The van der Waals surface area contributed by atoms with Gasteiger partial charge < -0.3 is 13.3 Å². The Hall–Kier alpha value is -8.66. The summed E-state index contributed by atoms with van der Waals surface area (Å²) in [7, 11) is 0. The summed E-state index contributed by atoms with van der Waals surface area (Å²) in [4.78, 5) is 0. The average molecular weight is 839 g/mol. The molecular formula is C63H34O3. The van der Waals surface area contributed by atoms with Crippen LogP contribution in [0.1, 0.15) is 22.3 Å². The molecule has 3 heterocycles. The molecule has 0 fully saturated rings. The van der Waals surface area contributed by atoms with Crippen molar-refractivity contribution in [3.63, 3.8) is 0 Å². The highest BCUT2D eigenvalue weighted by atomic mass is 16.3. The molecule has 0 bridgehead atoms. The van der Waals surface area contributed by atoms with Crippen LogP contribution in [0.3, 0.4) is 0 Å². The number of para-hydroxylation sites is 1. The van der Waals surface area contributed by atoms with Crippen LogP contribution in [0.5, 0.6) is 0 Å². The summed E-state index contributed by atoms with van der Waals surface area (Å²) in [6, 6.07) is 75.3. The van der Waals surface area contributed by atoms with Gasteiger partial charge in [-0.05, 0) is 137 Å². The maximum atomic E-state index is 6.82. The van der Waals surface area contributed by atoms with Crippen LogP contribution < -0.4 is 0 Å². The monoisotopic (exact) mass is 838 g/mol. The molecule has 304 valence electrons. The molecule has 3 aromatic heterocycles. The maximum Gasteiger partial charge on any atom is 0.136 e. The third-order valence-electron chi connectivity index (χ3n) is 15.1. The molecule has 3 heteroatoms. The first-order chi connectivity index (χ1) is 32.7. The molecule has 0 amide bonds. The Morgan fingerprint density at radius 1 is 0.242 bits per heavy atom. The molecule has 66 heavy (non-hydrogen) atoms.